The number of carbonyl (C=O) groups is 1. The van der Waals surface area contributed by atoms with Crippen molar-refractivity contribution in [2.75, 3.05) is 0 Å². The molecule has 1 fully saturated rings. The Kier molecular flexibility index (Phi) is 4.63. The smallest absolute Gasteiger partial charge is 0.261 e. The Morgan fingerprint density at radius 3 is 2.71 bits per heavy atom. The number of hydrogen-bond donors (Lipinski definition) is 2. The predicted molar refractivity (Wildman–Crippen MR) is 75.4 cm³/mol. The van der Waals surface area contributed by atoms with Crippen LogP contribution in [0.4, 0.5) is 0 Å². The maximum Gasteiger partial charge on any atom is 0.261 e. The van der Waals surface area contributed by atoms with E-state index in [0.29, 0.717) is 4.88 Å². The summed E-state index contributed by atoms with van der Waals surface area (Å²) in [5.41, 5.74) is 0. The van der Waals surface area contributed by atoms with Crippen LogP contribution in [0.5, 0.6) is 0 Å². The number of carbonyl (C=O) groups excluding carboxylic acids is 1. The van der Waals surface area contributed by atoms with Gasteiger partial charge in [0.2, 0.25) is 0 Å². The molecule has 0 bridgehead atoms. The fraction of sp³-hybridized carbons (Fsp3) is 0.545. The number of aliphatic hydroxyl groups is 1. The van der Waals surface area contributed by atoms with Crippen LogP contribution < -0.4 is 5.32 Å². The Hall–Kier alpha value is 0.0900. The van der Waals surface area contributed by atoms with Gasteiger partial charge in [0.15, 0.2) is 0 Å². The SMILES string of the molecule is O=C(N[C@@H]1CCCC[C@H]1O)c1cc(Br)c(Br)s1. The Morgan fingerprint density at radius 1 is 1.41 bits per heavy atom. The molecule has 0 aromatic carbocycles. The lowest BCUT2D eigenvalue weighted by Gasteiger charge is -2.28. The van der Waals surface area contributed by atoms with Crippen LogP contribution in [0.25, 0.3) is 0 Å². The summed E-state index contributed by atoms with van der Waals surface area (Å²) in [4.78, 5) is 12.6. The number of amides is 1. The van der Waals surface area contributed by atoms with Crippen LogP contribution in [-0.4, -0.2) is 23.2 Å². The van der Waals surface area contributed by atoms with Crippen molar-refractivity contribution in [2.24, 2.45) is 0 Å². The molecule has 1 aliphatic carbocycles. The van der Waals surface area contributed by atoms with Crippen molar-refractivity contribution in [1.29, 1.82) is 0 Å². The quantitative estimate of drug-likeness (QED) is 0.824. The van der Waals surface area contributed by atoms with E-state index in [0.717, 1.165) is 33.9 Å². The largest absolute Gasteiger partial charge is 0.391 e. The molecule has 17 heavy (non-hydrogen) atoms. The van der Waals surface area contributed by atoms with Gasteiger partial charge in [-0.05, 0) is 50.8 Å². The minimum atomic E-state index is -0.403. The van der Waals surface area contributed by atoms with Crippen molar-refractivity contribution in [3.05, 3.63) is 19.2 Å². The molecule has 0 radical (unpaired) electrons. The molecule has 1 saturated carbocycles. The molecule has 2 atom stereocenters. The first-order chi connectivity index (χ1) is 8.08. The van der Waals surface area contributed by atoms with E-state index in [-0.39, 0.29) is 11.9 Å². The summed E-state index contributed by atoms with van der Waals surface area (Å²) in [6.45, 7) is 0. The van der Waals surface area contributed by atoms with Gasteiger partial charge in [-0.2, -0.15) is 0 Å². The molecular weight excluding hydrogens is 370 g/mol. The zero-order valence-electron chi connectivity index (χ0n) is 9.08. The van der Waals surface area contributed by atoms with Gasteiger partial charge in [0.05, 0.1) is 20.8 Å². The van der Waals surface area contributed by atoms with Crippen LogP contribution in [-0.2, 0) is 0 Å². The number of thiophene rings is 1. The van der Waals surface area contributed by atoms with Crippen molar-refractivity contribution < 1.29 is 9.90 Å². The highest BCUT2D eigenvalue weighted by atomic mass is 79.9. The molecule has 94 valence electrons. The van der Waals surface area contributed by atoms with E-state index < -0.39 is 6.10 Å². The molecule has 0 aliphatic heterocycles. The van der Waals surface area contributed by atoms with Gasteiger partial charge in [-0.3, -0.25) is 4.79 Å². The van der Waals surface area contributed by atoms with E-state index in [4.69, 9.17) is 0 Å². The Morgan fingerprint density at radius 2 is 2.12 bits per heavy atom. The second-order valence-electron chi connectivity index (χ2n) is 4.16. The van der Waals surface area contributed by atoms with Crippen LogP contribution >= 0.6 is 43.2 Å². The molecule has 1 aromatic rings. The van der Waals surface area contributed by atoms with Gasteiger partial charge in [-0.25, -0.2) is 0 Å². The summed E-state index contributed by atoms with van der Waals surface area (Å²) in [6.07, 6.45) is 3.35. The third-order valence-electron chi connectivity index (χ3n) is 2.91. The minimum absolute atomic E-state index is 0.101. The first-order valence-electron chi connectivity index (χ1n) is 5.51. The van der Waals surface area contributed by atoms with Crippen LogP contribution in [0.1, 0.15) is 35.4 Å². The Bertz CT molecular complexity index is 402. The van der Waals surface area contributed by atoms with E-state index in [1.165, 1.54) is 11.3 Å². The molecule has 2 N–H and O–H groups in total. The number of aliphatic hydroxyl groups excluding tert-OH is 1. The lowest BCUT2D eigenvalue weighted by atomic mass is 9.92. The maximum absolute atomic E-state index is 12.0. The molecule has 1 amide bonds. The van der Waals surface area contributed by atoms with E-state index in [1.54, 1.807) is 6.07 Å². The van der Waals surface area contributed by atoms with Crippen molar-refractivity contribution >= 4 is 49.1 Å². The highest BCUT2D eigenvalue weighted by Crippen LogP contribution is 2.32. The first kappa shape index (κ1) is 13.5. The Labute approximate surface area is 121 Å². The molecule has 2 rings (SSSR count). The third kappa shape index (κ3) is 3.30. The normalized spacial score (nSPS) is 24.6. The molecule has 0 saturated heterocycles. The van der Waals surface area contributed by atoms with Crippen molar-refractivity contribution in [2.45, 2.75) is 37.8 Å². The van der Waals surface area contributed by atoms with Gasteiger partial charge in [0.1, 0.15) is 0 Å². The summed E-state index contributed by atoms with van der Waals surface area (Å²) in [5.74, 6) is -0.104. The molecule has 6 heteroatoms. The zero-order chi connectivity index (χ0) is 12.4. The van der Waals surface area contributed by atoms with E-state index in [2.05, 4.69) is 37.2 Å². The summed E-state index contributed by atoms with van der Waals surface area (Å²) in [6, 6.07) is 1.69. The molecule has 0 spiro atoms. The van der Waals surface area contributed by atoms with Gasteiger partial charge >= 0.3 is 0 Å². The van der Waals surface area contributed by atoms with Crippen molar-refractivity contribution in [3.8, 4) is 0 Å². The van der Waals surface area contributed by atoms with Gasteiger partial charge < -0.3 is 10.4 Å². The molecule has 0 unspecified atom stereocenters. The van der Waals surface area contributed by atoms with Crippen LogP contribution in [0.15, 0.2) is 14.3 Å². The van der Waals surface area contributed by atoms with Gasteiger partial charge in [0.25, 0.3) is 5.91 Å². The monoisotopic (exact) mass is 381 g/mol. The van der Waals surface area contributed by atoms with E-state index >= 15 is 0 Å². The number of rotatable bonds is 2. The lowest BCUT2D eigenvalue weighted by molar-refractivity contribution is 0.0720. The first-order valence-corrected chi connectivity index (χ1v) is 7.92. The lowest BCUT2D eigenvalue weighted by Crippen LogP contribution is -2.44. The average molecular weight is 383 g/mol. The zero-order valence-corrected chi connectivity index (χ0v) is 13.1. The molecule has 1 aromatic heterocycles. The highest BCUT2D eigenvalue weighted by Gasteiger charge is 2.25. The maximum atomic E-state index is 12.0. The third-order valence-corrected chi connectivity index (χ3v) is 6.17. The van der Waals surface area contributed by atoms with Crippen LogP contribution in [0.2, 0.25) is 0 Å². The fourth-order valence-electron chi connectivity index (χ4n) is 1.98. The standard InChI is InChI=1S/C11H13Br2NO2S/c12-6-5-9(17-10(6)13)11(16)14-7-3-1-2-4-8(7)15/h5,7-8,15H,1-4H2,(H,14,16)/t7-,8-/m1/s1. The minimum Gasteiger partial charge on any atom is -0.391 e. The van der Waals surface area contributed by atoms with Gasteiger partial charge in [0, 0.05) is 4.47 Å². The predicted octanol–water partition coefficient (Wildman–Crippen LogP) is 3.31. The van der Waals surface area contributed by atoms with Crippen LogP contribution in [0, 0.1) is 0 Å². The topological polar surface area (TPSA) is 49.3 Å². The highest BCUT2D eigenvalue weighted by molar-refractivity contribution is 9.13. The molecule has 3 nitrogen and oxygen atoms in total. The summed E-state index contributed by atoms with van der Waals surface area (Å²) in [5, 5.41) is 12.7. The van der Waals surface area contributed by atoms with Crippen LogP contribution in [0.3, 0.4) is 0 Å². The number of nitrogens with one attached hydrogen (secondary N) is 1. The number of halogens is 2. The van der Waals surface area contributed by atoms with Crippen molar-refractivity contribution in [1.82, 2.24) is 5.32 Å². The van der Waals surface area contributed by atoms with E-state index in [1.807, 2.05) is 0 Å². The molecular formula is C11H13Br2NO2S. The molecule has 1 aliphatic rings. The second-order valence-corrected chi connectivity index (χ2v) is 7.39. The molecule has 1 heterocycles. The summed E-state index contributed by atoms with van der Waals surface area (Å²) >= 11 is 8.11. The second kappa shape index (κ2) is 5.82. The van der Waals surface area contributed by atoms with Gasteiger partial charge in [-0.1, -0.05) is 12.8 Å². The van der Waals surface area contributed by atoms with E-state index in [9.17, 15) is 9.90 Å². The average Bonchev–Trinajstić information content (AvgIpc) is 2.63. The number of hydrogen-bond acceptors (Lipinski definition) is 3. The summed E-state index contributed by atoms with van der Waals surface area (Å²) < 4.78 is 1.80. The summed E-state index contributed by atoms with van der Waals surface area (Å²) in [7, 11) is 0. The fourth-order valence-corrected chi connectivity index (χ4v) is 3.92. The van der Waals surface area contributed by atoms with Gasteiger partial charge in [-0.15, -0.1) is 11.3 Å². The van der Waals surface area contributed by atoms with Crippen molar-refractivity contribution in [3.63, 3.8) is 0 Å². The Balaban J connectivity index is 2.01.